The van der Waals surface area contributed by atoms with Crippen LogP contribution >= 0.6 is 0 Å². The van der Waals surface area contributed by atoms with Gasteiger partial charge in [-0.1, -0.05) is 13.3 Å². The molecular weight excluding hydrogens is 154 g/mol. The van der Waals surface area contributed by atoms with Crippen LogP contribution in [-0.4, -0.2) is 49.0 Å². The molecule has 1 unspecified atom stereocenters. The van der Waals surface area contributed by atoms with Gasteiger partial charge in [0.25, 0.3) is 0 Å². The minimum atomic E-state index is 0.264. The molecule has 1 aliphatic rings. The van der Waals surface area contributed by atoms with Crippen molar-refractivity contribution in [2.75, 3.05) is 32.9 Å². The van der Waals surface area contributed by atoms with E-state index in [4.69, 9.17) is 9.84 Å². The molecule has 0 saturated carbocycles. The lowest BCUT2D eigenvalue weighted by Gasteiger charge is -2.34. The fourth-order valence-corrected chi connectivity index (χ4v) is 1.71. The maximum atomic E-state index is 8.82. The van der Waals surface area contributed by atoms with E-state index in [0.29, 0.717) is 6.04 Å². The molecule has 0 aliphatic carbocycles. The summed E-state index contributed by atoms with van der Waals surface area (Å²) in [5, 5.41) is 8.82. The van der Waals surface area contributed by atoms with Crippen molar-refractivity contribution in [3.63, 3.8) is 0 Å². The van der Waals surface area contributed by atoms with E-state index in [1.807, 2.05) is 0 Å². The summed E-state index contributed by atoms with van der Waals surface area (Å²) >= 11 is 0. The van der Waals surface area contributed by atoms with E-state index in [-0.39, 0.29) is 6.61 Å². The van der Waals surface area contributed by atoms with Crippen molar-refractivity contribution in [1.29, 1.82) is 0 Å². The average Bonchev–Trinajstić information content (AvgIpc) is 2.09. The lowest BCUT2D eigenvalue weighted by Crippen LogP contribution is -2.46. The molecule has 0 spiro atoms. The smallest absolute Gasteiger partial charge is 0.0622 e. The topological polar surface area (TPSA) is 32.7 Å². The predicted molar refractivity (Wildman–Crippen MR) is 48.2 cm³/mol. The van der Waals surface area contributed by atoms with Crippen molar-refractivity contribution in [1.82, 2.24) is 4.90 Å². The van der Waals surface area contributed by atoms with Crippen LogP contribution in [0.15, 0.2) is 0 Å². The maximum absolute atomic E-state index is 8.82. The van der Waals surface area contributed by atoms with Crippen LogP contribution in [0.4, 0.5) is 0 Å². The van der Waals surface area contributed by atoms with Crippen LogP contribution in [0.3, 0.4) is 0 Å². The SMILES string of the molecule is CCCC1COCCN1CCO. The molecule has 3 nitrogen and oxygen atoms in total. The molecule has 0 amide bonds. The van der Waals surface area contributed by atoms with E-state index >= 15 is 0 Å². The molecule has 1 heterocycles. The molecule has 1 saturated heterocycles. The Hall–Kier alpha value is -0.120. The number of rotatable bonds is 4. The number of hydrogen-bond acceptors (Lipinski definition) is 3. The highest BCUT2D eigenvalue weighted by Gasteiger charge is 2.20. The first-order valence-corrected chi connectivity index (χ1v) is 4.81. The van der Waals surface area contributed by atoms with E-state index in [2.05, 4.69) is 11.8 Å². The Morgan fingerprint density at radius 2 is 2.42 bits per heavy atom. The van der Waals surface area contributed by atoms with Gasteiger partial charge in [-0.25, -0.2) is 0 Å². The van der Waals surface area contributed by atoms with Crippen molar-refractivity contribution in [2.45, 2.75) is 25.8 Å². The van der Waals surface area contributed by atoms with Crippen LogP contribution in [0, 0.1) is 0 Å². The molecule has 12 heavy (non-hydrogen) atoms. The molecule has 1 rings (SSSR count). The van der Waals surface area contributed by atoms with E-state index in [0.717, 1.165) is 26.3 Å². The first-order valence-electron chi connectivity index (χ1n) is 4.81. The van der Waals surface area contributed by atoms with Crippen LogP contribution in [-0.2, 0) is 4.74 Å². The van der Waals surface area contributed by atoms with Gasteiger partial charge in [0.05, 0.1) is 19.8 Å². The lowest BCUT2D eigenvalue weighted by molar-refractivity contribution is -0.0165. The molecule has 1 fully saturated rings. The molecule has 0 aromatic heterocycles. The molecule has 1 atom stereocenters. The Morgan fingerprint density at radius 1 is 1.58 bits per heavy atom. The van der Waals surface area contributed by atoms with Gasteiger partial charge in [0.2, 0.25) is 0 Å². The Morgan fingerprint density at radius 3 is 3.08 bits per heavy atom. The summed E-state index contributed by atoms with van der Waals surface area (Å²) in [6, 6.07) is 0.538. The number of nitrogens with zero attached hydrogens (tertiary/aromatic N) is 1. The number of aliphatic hydroxyl groups is 1. The summed E-state index contributed by atoms with van der Waals surface area (Å²) in [6.07, 6.45) is 2.37. The van der Waals surface area contributed by atoms with Crippen LogP contribution in [0.5, 0.6) is 0 Å². The molecule has 3 heteroatoms. The average molecular weight is 173 g/mol. The first-order chi connectivity index (χ1) is 5.88. The quantitative estimate of drug-likeness (QED) is 0.671. The summed E-state index contributed by atoms with van der Waals surface area (Å²) in [7, 11) is 0. The zero-order valence-electron chi connectivity index (χ0n) is 7.83. The van der Waals surface area contributed by atoms with E-state index < -0.39 is 0 Å². The highest BCUT2D eigenvalue weighted by molar-refractivity contribution is 4.74. The van der Waals surface area contributed by atoms with Crippen molar-refractivity contribution in [2.24, 2.45) is 0 Å². The van der Waals surface area contributed by atoms with Gasteiger partial charge in [0, 0.05) is 19.1 Å². The van der Waals surface area contributed by atoms with Crippen LogP contribution in [0.25, 0.3) is 0 Å². The van der Waals surface area contributed by atoms with Gasteiger partial charge in [0.1, 0.15) is 0 Å². The lowest BCUT2D eigenvalue weighted by atomic mass is 10.1. The third-order valence-corrected chi connectivity index (χ3v) is 2.36. The molecule has 0 bridgehead atoms. The van der Waals surface area contributed by atoms with Crippen LogP contribution in [0.2, 0.25) is 0 Å². The van der Waals surface area contributed by atoms with Gasteiger partial charge in [-0.3, -0.25) is 4.90 Å². The van der Waals surface area contributed by atoms with Gasteiger partial charge >= 0.3 is 0 Å². The number of β-amino-alcohol motifs (C(OH)–C–C–N with tert-alkyl or cyclic N) is 1. The molecular formula is C9H19NO2. The van der Waals surface area contributed by atoms with Gasteiger partial charge in [-0.15, -0.1) is 0 Å². The summed E-state index contributed by atoms with van der Waals surface area (Å²) < 4.78 is 5.39. The van der Waals surface area contributed by atoms with Gasteiger partial charge in [-0.05, 0) is 6.42 Å². The van der Waals surface area contributed by atoms with Gasteiger partial charge in [0.15, 0.2) is 0 Å². The maximum Gasteiger partial charge on any atom is 0.0622 e. The van der Waals surface area contributed by atoms with Crippen molar-refractivity contribution in [3.8, 4) is 0 Å². The largest absolute Gasteiger partial charge is 0.395 e. The fraction of sp³-hybridized carbons (Fsp3) is 1.00. The van der Waals surface area contributed by atoms with Crippen molar-refractivity contribution < 1.29 is 9.84 Å². The predicted octanol–water partition coefficient (Wildman–Crippen LogP) is 0.480. The standard InChI is InChI=1S/C9H19NO2/c1-2-3-9-8-12-7-5-10(9)4-6-11/h9,11H,2-8H2,1H3. The Balaban J connectivity index is 2.31. The molecule has 1 aliphatic heterocycles. The summed E-state index contributed by atoms with van der Waals surface area (Å²) in [6.45, 7) is 5.89. The normalized spacial score (nSPS) is 26.0. The second-order valence-corrected chi connectivity index (χ2v) is 3.28. The second kappa shape index (κ2) is 5.51. The zero-order chi connectivity index (χ0) is 8.81. The van der Waals surface area contributed by atoms with E-state index in [1.165, 1.54) is 12.8 Å². The Bertz CT molecular complexity index is 101. The van der Waals surface area contributed by atoms with Crippen LogP contribution < -0.4 is 0 Å². The summed E-state index contributed by atoms with van der Waals surface area (Å²) in [5.41, 5.74) is 0. The van der Waals surface area contributed by atoms with Crippen molar-refractivity contribution in [3.05, 3.63) is 0 Å². The van der Waals surface area contributed by atoms with Gasteiger partial charge < -0.3 is 9.84 Å². The summed E-state index contributed by atoms with van der Waals surface area (Å²) in [4.78, 5) is 2.33. The summed E-state index contributed by atoms with van der Waals surface area (Å²) in [5.74, 6) is 0. The fourth-order valence-electron chi connectivity index (χ4n) is 1.71. The Kier molecular flexibility index (Phi) is 4.58. The van der Waals surface area contributed by atoms with E-state index in [1.54, 1.807) is 0 Å². The minimum Gasteiger partial charge on any atom is -0.395 e. The number of morpholine rings is 1. The zero-order valence-corrected chi connectivity index (χ0v) is 7.83. The van der Waals surface area contributed by atoms with E-state index in [9.17, 15) is 0 Å². The first kappa shape index (κ1) is 9.96. The monoisotopic (exact) mass is 173 g/mol. The number of aliphatic hydroxyl groups excluding tert-OH is 1. The van der Waals surface area contributed by atoms with Crippen LogP contribution in [0.1, 0.15) is 19.8 Å². The highest BCUT2D eigenvalue weighted by Crippen LogP contribution is 2.11. The third kappa shape index (κ3) is 2.73. The number of hydrogen-bond donors (Lipinski definition) is 1. The minimum absolute atomic E-state index is 0.264. The Labute approximate surface area is 74.3 Å². The molecule has 72 valence electrons. The van der Waals surface area contributed by atoms with Gasteiger partial charge in [-0.2, -0.15) is 0 Å². The highest BCUT2D eigenvalue weighted by atomic mass is 16.5. The molecule has 0 aromatic carbocycles. The van der Waals surface area contributed by atoms with Crippen molar-refractivity contribution >= 4 is 0 Å². The molecule has 0 aromatic rings. The molecule has 0 radical (unpaired) electrons. The second-order valence-electron chi connectivity index (χ2n) is 3.28. The molecule has 1 N–H and O–H groups in total. The number of ether oxygens (including phenoxy) is 1. The third-order valence-electron chi connectivity index (χ3n) is 2.36.